The molecule has 0 atom stereocenters. The van der Waals surface area contributed by atoms with E-state index in [1.165, 1.54) is 0 Å². The Morgan fingerprint density at radius 3 is 2.24 bits per heavy atom. The van der Waals surface area contributed by atoms with E-state index in [0.717, 1.165) is 51.9 Å². The SMILES string of the molecule is CCN(CC)C1CCN(C(=O)C2(N)CC2)CC1. The standard InChI is InChI=1S/C13H25N3O/c1-3-15(4-2)11-5-9-16(10-6-11)12(17)13(14)7-8-13/h11H,3-10,14H2,1-2H3. The van der Waals surface area contributed by atoms with Crippen LogP contribution in [0.25, 0.3) is 0 Å². The summed E-state index contributed by atoms with van der Waals surface area (Å²) in [5, 5.41) is 0. The molecule has 1 saturated carbocycles. The second kappa shape index (κ2) is 4.94. The van der Waals surface area contributed by atoms with Gasteiger partial charge in [0, 0.05) is 19.1 Å². The second-order valence-corrected chi connectivity index (χ2v) is 5.40. The Balaban J connectivity index is 1.83. The summed E-state index contributed by atoms with van der Waals surface area (Å²) in [6.45, 7) is 8.41. The van der Waals surface area contributed by atoms with Gasteiger partial charge in [-0.15, -0.1) is 0 Å². The zero-order valence-corrected chi connectivity index (χ0v) is 11.1. The largest absolute Gasteiger partial charge is 0.341 e. The lowest BCUT2D eigenvalue weighted by atomic mass is 10.0. The molecule has 1 amide bonds. The van der Waals surface area contributed by atoms with Gasteiger partial charge in [-0.1, -0.05) is 13.8 Å². The molecule has 17 heavy (non-hydrogen) atoms. The minimum atomic E-state index is -0.484. The van der Waals surface area contributed by atoms with E-state index in [-0.39, 0.29) is 5.91 Å². The molecule has 0 radical (unpaired) electrons. The maximum Gasteiger partial charge on any atom is 0.242 e. The van der Waals surface area contributed by atoms with Gasteiger partial charge < -0.3 is 15.5 Å². The van der Waals surface area contributed by atoms with Gasteiger partial charge in [0.15, 0.2) is 0 Å². The molecule has 1 saturated heterocycles. The lowest BCUT2D eigenvalue weighted by molar-refractivity contribution is -0.135. The van der Waals surface area contributed by atoms with E-state index in [1.807, 2.05) is 4.90 Å². The maximum absolute atomic E-state index is 12.1. The molecule has 1 aliphatic carbocycles. The first-order chi connectivity index (χ1) is 8.10. The molecular formula is C13H25N3O. The van der Waals surface area contributed by atoms with Gasteiger partial charge in [-0.05, 0) is 38.8 Å². The Morgan fingerprint density at radius 1 is 1.29 bits per heavy atom. The minimum absolute atomic E-state index is 0.190. The van der Waals surface area contributed by atoms with Gasteiger partial charge in [0.25, 0.3) is 0 Å². The minimum Gasteiger partial charge on any atom is -0.341 e. The van der Waals surface area contributed by atoms with E-state index < -0.39 is 5.54 Å². The molecule has 2 aliphatic rings. The molecule has 4 heteroatoms. The molecule has 0 unspecified atom stereocenters. The van der Waals surface area contributed by atoms with Gasteiger partial charge in [-0.25, -0.2) is 0 Å². The molecule has 4 nitrogen and oxygen atoms in total. The number of piperidine rings is 1. The summed E-state index contributed by atoms with van der Waals surface area (Å²) in [5.74, 6) is 0.190. The Kier molecular flexibility index (Phi) is 3.73. The lowest BCUT2D eigenvalue weighted by Gasteiger charge is -2.38. The summed E-state index contributed by atoms with van der Waals surface area (Å²) in [6, 6.07) is 0.655. The van der Waals surface area contributed by atoms with Gasteiger partial charge in [0.1, 0.15) is 0 Å². The summed E-state index contributed by atoms with van der Waals surface area (Å²) >= 11 is 0. The summed E-state index contributed by atoms with van der Waals surface area (Å²) in [5.41, 5.74) is 5.48. The van der Waals surface area contributed by atoms with Crippen molar-refractivity contribution in [3.63, 3.8) is 0 Å². The predicted molar refractivity (Wildman–Crippen MR) is 68.7 cm³/mol. The van der Waals surface area contributed by atoms with Crippen LogP contribution in [0.4, 0.5) is 0 Å². The molecule has 0 aromatic carbocycles. The van der Waals surface area contributed by atoms with Crippen LogP contribution in [-0.4, -0.2) is 53.5 Å². The van der Waals surface area contributed by atoms with Gasteiger partial charge in [0.05, 0.1) is 5.54 Å². The van der Waals surface area contributed by atoms with Crippen LogP contribution < -0.4 is 5.73 Å². The average Bonchev–Trinajstić information content (AvgIpc) is 3.10. The third kappa shape index (κ3) is 2.63. The smallest absolute Gasteiger partial charge is 0.242 e. The van der Waals surface area contributed by atoms with Crippen LogP contribution >= 0.6 is 0 Å². The topological polar surface area (TPSA) is 49.6 Å². The summed E-state index contributed by atoms with van der Waals surface area (Å²) in [7, 11) is 0. The zero-order valence-electron chi connectivity index (χ0n) is 11.1. The maximum atomic E-state index is 12.1. The van der Waals surface area contributed by atoms with Gasteiger partial charge in [-0.3, -0.25) is 4.79 Å². The number of hydrogen-bond donors (Lipinski definition) is 1. The molecule has 2 N–H and O–H groups in total. The molecule has 1 aliphatic heterocycles. The molecule has 98 valence electrons. The van der Waals surface area contributed by atoms with Crippen molar-refractivity contribution < 1.29 is 4.79 Å². The van der Waals surface area contributed by atoms with Crippen molar-refractivity contribution in [3.8, 4) is 0 Å². The number of nitrogens with two attached hydrogens (primary N) is 1. The van der Waals surface area contributed by atoms with Crippen molar-refractivity contribution in [2.24, 2.45) is 5.73 Å². The van der Waals surface area contributed by atoms with Crippen molar-refractivity contribution in [1.82, 2.24) is 9.80 Å². The first kappa shape index (κ1) is 12.8. The lowest BCUT2D eigenvalue weighted by Crippen LogP contribution is -2.52. The normalized spacial score (nSPS) is 24.1. The van der Waals surface area contributed by atoms with Crippen LogP contribution in [0.5, 0.6) is 0 Å². The average molecular weight is 239 g/mol. The Bertz CT molecular complexity index is 276. The van der Waals surface area contributed by atoms with E-state index in [0.29, 0.717) is 6.04 Å². The van der Waals surface area contributed by atoms with Gasteiger partial charge >= 0.3 is 0 Å². The van der Waals surface area contributed by atoms with Gasteiger partial charge in [0.2, 0.25) is 5.91 Å². The fraction of sp³-hybridized carbons (Fsp3) is 0.923. The van der Waals surface area contributed by atoms with E-state index in [4.69, 9.17) is 5.73 Å². The number of amides is 1. The number of carbonyl (C=O) groups excluding carboxylic acids is 1. The third-order valence-corrected chi connectivity index (χ3v) is 4.30. The van der Waals surface area contributed by atoms with E-state index in [1.54, 1.807) is 0 Å². The van der Waals surface area contributed by atoms with Crippen LogP contribution in [0.3, 0.4) is 0 Å². The van der Waals surface area contributed by atoms with Crippen molar-refractivity contribution in [2.45, 2.75) is 51.1 Å². The first-order valence-electron chi connectivity index (χ1n) is 6.93. The molecule has 1 heterocycles. The molecule has 2 fully saturated rings. The molecule has 0 aromatic rings. The van der Waals surface area contributed by atoms with Crippen LogP contribution in [0, 0.1) is 0 Å². The van der Waals surface area contributed by atoms with Gasteiger partial charge in [-0.2, -0.15) is 0 Å². The Labute approximate surface area is 104 Å². The molecule has 0 aromatic heterocycles. The van der Waals surface area contributed by atoms with Crippen LogP contribution in [0.2, 0.25) is 0 Å². The van der Waals surface area contributed by atoms with Crippen LogP contribution in [-0.2, 0) is 4.79 Å². The highest BCUT2D eigenvalue weighted by molar-refractivity contribution is 5.89. The van der Waals surface area contributed by atoms with Crippen molar-refractivity contribution in [3.05, 3.63) is 0 Å². The van der Waals surface area contributed by atoms with Crippen LogP contribution in [0.15, 0.2) is 0 Å². The first-order valence-corrected chi connectivity index (χ1v) is 6.93. The monoisotopic (exact) mass is 239 g/mol. The fourth-order valence-corrected chi connectivity index (χ4v) is 2.84. The van der Waals surface area contributed by atoms with Crippen LogP contribution in [0.1, 0.15) is 39.5 Å². The quantitative estimate of drug-likeness (QED) is 0.790. The number of rotatable bonds is 4. The highest BCUT2D eigenvalue weighted by atomic mass is 16.2. The highest BCUT2D eigenvalue weighted by Gasteiger charge is 2.48. The van der Waals surface area contributed by atoms with Crippen molar-refractivity contribution in [1.29, 1.82) is 0 Å². The number of likely N-dealkylation sites (tertiary alicyclic amines) is 1. The number of hydrogen-bond acceptors (Lipinski definition) is 3. The zero-order chi connectivity index (χ0) is 12.5. The summed E-state index contributed by atoms with van der Waals surface area (Å²) in [6.07, 6.45) is 3.95. The number of carbonyl (C=O) groups is 1. The predicted octanol–water partition coefficient (Wildman–Crippen LogP) is 0.811. The summed E-state index contributed by atoms with van der Waals surface area (Å²) < 4.78 is 0. The summed E-state index contributed by atoms with van der Waals surface area (Å²) in [4.78, 5) is 16.6. The molecule has 0 spiro atoms. The Morgan fingerprint density at radius 2 is 1.82 bits per heavy atom. The third-order valence-electron chi connectivity index (χ3n) is 4.30. The highest BCUT2D eigenvalue weighted by Crippen LogP contribution is 2.35. The second-order valence-electron chi connectivity index (χ2n) is 5.40. The Hall–Kier alpha value is -0.610. The van der Waals surface area contributed by atoms with Crippen molar-refractivity contribution >= 4 is 5.91 Å². The molecule has 2 rings (SSSR count). The van der Waals surface area contributed by atoms with E-state index in [2.05, 4.69) is 18.7 Å². The van der Waals surface area contributed by atoms with Crippen molar-refractivity contribution in [2.75, 3.05) is 26.2 Å². The van der Waals surface area contributed by atoms with E-state index in [9.17, 15) is 4.79 Å². The molecular weight excluding hydrogens is 214 g/mol. The molecule has 0 bridgehead atoms. The number of nitrogens with zero attached hydrogens (tertiary/aromatic N) is 2. The fourth-order valence-electron chi connectivity index (χ4n) is 2.84. The van der Waals surface area contributed by atoms with E-state index >= 15 is 0 Å².